The summed E-state index contributed by atoms with van der Waals surface area (Å²) >= 11 is 1.67. The van der Waals surface area contributed by atoms with E-state index < -0.39 is 0 Å². The lowest BCUT2D eigenvalue weighted by atomic mass is 9.94. The molecule has 17 heavy (non-hydrogen) atoms. The second-order valence-electron chi connectivity index (χ2n) is 5.66. The van der Waals surface area contributed by atoms with Gasteiger partial charge in [0.25, 0.3) is 0 Å². The van der Waals surface area contributed by atoms with Gasteiger partial charge in [0.15, 0.2) is 0 Å². The van der Waals surface area contributed by atoms with Gasteiger partial charge in [-0.1, -0.05) is 20.8 Å². The van der Waals surface area contributed by atoms with Crippen LogP contribution >= 0.6 is 11.3 Å². The molecule has 94 valence electrons. The van der Waals surface area contributed by atoms with E-state index >= 15 is 0 Å². The fourth-order valence-electron chi connectivity index (χ4n) is 1.86. The molecule has 1 aromatic rings. The zero-order valence-electron chi connectivity index (χ0n) is 10.8. The molecule has 0 saturated heterocycles. The van der Waals surface area contributed by atoms with Crippen molar-refractivity contribution >= 4 is 17.2 Å². The fraction of sp³-hybridized carbons (Fsp3) is 0.692. The van der Waals surface area contributed by atoms with Gasteiger partial charge in [-0.25, -0.2) is 4.98 Å². The van der Waals surface area contributed by atoms with Crippen molar-refractivity contribution in [1.29, 1.82) is 0 Å². The Hall–Kier alpha value is -0.900. The molecule has 1 saturated carbocycles. The summed E-state index contributed by atoms with van der Waals surface area (Å²) in [4.78, 5) is 18.6. The second kappa shape index (κ2) is 4.77. The molecule has 0 aliphatic heterocycles. The third-order valence-corrected chi connectivity index (χ3v) is 3.78. The van der Waals surface area contributed by atoms with Gasteiger partial charge in [-0.05, 0) is 12.8 Å². The minimum atomic E-state index is -0.272. The van der Waals surface area contributed by atoms with Gasteiger partial charge in [0.05, 0.1) is 5.01 Å². The largest absolute Gasteiger partial charge is 0.339 e. The fourth-order valence-corrected chi connectivity index (χ4v) is 2.47. The summed E-state index contributed by atoms with van der Waals surface area (Å²) in [6.07, 6.45) is 5.04. The van der Waals surface area contributed by atoms with Gasteiger partial charge in [0.1, 0.15) is 0 Å². The summed E-state index contributed by atoms with van der Waals surface area (Å²) in [5, 5.41) is 3.11. The van der Waals surface area contributed by atoms with Crippen molar-refractivity contribution in [3.63, 3.8) is 0 Å². The third kappa shape index (κ3) is 3.28. The van der Waals surface area contributed by atoms with Gasteiger partial charge >= 0.3 is 0 Å². The summed E-state index contributed by atoms with van der Waals surface area (Å²) in [6, 6.07) is 0.488. The smallest absolute Gasteiger partial charge is 0.228 e. The van der Waals surface area contributed by atoms with Crippen LogP contribution in [0.3, 0.4) is 0 Å². The maximum atomic E-state index is 12.3. The molecule has 3 nitrogen and oxygen atoms in total. The Balaban J connectivity index is 1.96. The van der Waals surface area contributed by atoms with E-state index in [4.69, 9.17) is 0 Å². The maximum absolute atomic E-state index is 12.3. The normalized spacial score (nSPS) is 15.9. The predicted octanol–water partition coefficient (Wildman–Crippen LogP) is 2.72. The second-order valence-corrected chi connectivity index (χ2v) is 6.63. The van der Waals surface area contributed by atoms with E-state index in [2.05, 4.69) is 9.88 Å². The van der Waals surface area contributed by atoms with Crippen molar-refractivity contribution in [1.82, 2.24) is 9.88 Å². The van der Waals surface area contributed by atoms with Crippen LogP contribution in [0.4, 0.5) is 0 Å². The van der Waals surface area contributed by atoms with E-state index in [1.165, 1.54) is 12.8 Å². The van der Waals surface area contributed by atoms with Crippen LogP contribution in [-0.2, 0) is 11.2 Å². The molecule has 0 bridgehead atoms. The number of carbonyl (C=O) groups excluding carboxylic acids is 1. The Kier molecular flexibility index (Phi) is 3.52. The van der Waals surface area contributed by atoms with E-state index in [0.29, 0.717) is 6.04 Å². The summed E-state index contributed by atoms with van der Waals surface area (Å²) in [5.41, 5.74) is -0.272. The standard InChI is InChI=1S/C13H20N2OS/c1-13(2,3)12(16)15(10-4-5-10)8-6-11-14-7-9-17-11/h7,9-10H,4-6,8H2,1-3H3. The van der Waals surface area contributed by atoms with E-state index in [1.54, 1.807) is 11.3 Å². The monoisotopic (exact) mass is 252 g/mol. The molecule has 1 aromatic heterocycles. The van der Waals surface area contributed by atoms with Crippen molar-refractivity contribution in [3.8, 4) is 0 Å². The van der Waals surface area contributed by atoms with Crippen molar-refractivity contribution in [2.45, 2.75) is 46.1 Å². The summed E-state index contributed by atoms with van der Waals surface area (Å²) in [6.45, 7) is 6.80. The SMILES string of the molecule is CC(C)(C)C(=O)N(CCc1nccs1)C1CC1. The average Bonchev–Trinajstić information content (AvgIpc) is 2.94. The predicted molar refractivity (Wildman–Crippen MR) is 70.0 cm³/mol. The topological polar surface area (TPSA) is 33.2 Å². The number of aromatic nitrogens is 1. The van der Waals surface area contributed by atoms with Crippen LogP contribution in [0.1, 0.15) is 38.6 Å². The van der Waals surface area contributed by atoms with Gasteiger partial charge in [-0.3, -0.25) is 4.79 Å². The summed E-state index contributed by atoms with van der Waals surface area (Å²) in [5.74, 6) is 0.275. The highest BCUT2D eigenvalue weighted by atomic mass is 32.1. The highest BCUT2D eigenvalue weighted by Gasteiger charge is 2.37. The maximum Gasteiger partial charge on any atom is 0.228 e. The number of rotatable bonds is 4. The number of carbonyl (C=O) groups is 1. The summed E-state index contributed by atoms with van der Waals surface area (Å²) in [7, 11) is 0. The molecule has 2 rings (SSSR count). The Morgan fingerprint density at radius 1 is 1.53 bits per heavy atom. The molecule has 0 atom stereocenters. The lowest BCUT2D eigenvalue weighted by Gasteiger charge is -2.29. The minimum Gasteiger partial charge on any atom is -0.339 e. The van der Waals surface area contributed by atoms with Crippen LogP contribution in [0.5, 0.6) is 0 Å². The Morgan fingerprint density at radius 3 is 2.71 bits per heavy atom. The highest BCUT2D eigenvalue weighted by Crippen LogP contribution is 2.31. The molecule has 1 amide bonds. The first-order chi connectivity index (χ1) is 7.98. The molecule has 4 heteroatoms. The first-order valence-electron chi connectivity index (χ1n) is 6.18. The Labute approximate surface area is 107 Å². The number of nitrogens with zero attached hydrogens (tertiary/aromatic N) is 2. The van der Waals surface area contributed by atoms with Gasteiger partial charge in [-0.15, -0.1) is 11.3 Å². The van der Waals surface area contributed by atoms with Crippen molar-refractivity contribution in [2.75, 3.05) is 6.54 Å². The lowest BCUT2D eigenvalue weighted by molar-refractivity contribution is -0.140. The molecule has 0 aromatic carbocycles. The molecule has 1 aliphatic carbocycles. The molecular formula is C13H20N2OS. The van der Waals surface area contributed by atoms with Gasteiger partial charge in [-0.2, -0.15) is 0 Å². The number of hydrogen-bond acceptors (Lipinski definition) is 3. The molecule has 0 N–H and O–H groups in total. The summed E-state index contributed by atoms with van der Waals surface area (Å²) < 4.78 is 0. The Morgan fingerprint density at radius 2 is 2.24 bits per heavy atom. The molecular weight excluding hydrogens is 232 g/mol. The molecule has 0 radical (unpaired) electrons. The van der Waals surface area contributed by atoms with Gasteiger partial charge in [0.2, 0.25) is 5.91 Å². The highest BCUT2D eigenvalue weighted by molar-refractivity contribution is 7.09. The van der Waals surface area contributed by atoms with Crippen LogP contribution < -0.4 is 0 Å². The number of hydrogen-bond donors (Lipinski definition) is 0. The molecule has 1 aliphatic rings. The Bertz CT molecular complexity index is 377. The van der Waals surface area contributed by atoms with E-state index in [0.717, 1.165) is 18.0 Å². The van der Waals surface area contributed by atoms with Crippen LogP contribution in [0, 0.1) is 5.41 Å². The van der Waals surface area contributed by atoms with E-state index in [9.17, 15) is 4.79 Å². The van der Waals surface area contributed by atoms with Gasteiger partial charge < -0.3 is 4.90 Å². The number of amides is 1. The van der Waals surface area contributed by atoms with Crippen LogP contribution in [0.15, 0.2) is 11.6 Å². The van der Waals surface area contributed by atoms with Crippen molar-refractivity contribution in [2.24, 2.45) is 5.41 Å². The average molecular weight is 252 g/mol. The van der Waals surface area contributed by atoms with Crippen molar-refractivity contribution < 1.29 is 4.79 Å². The zero-order chi connectivity index (χ0) is 12.5. The van der Waals surface area contributed by atoms with Gasteiger partial charge in [0, 0.05) is 36.0 Å². The zero-order valence-corrected chi connectivity index (χ0v) is 11.6. The van der Waals surface area contributed by atoms with E-state index in [1.807, 2.05) is 32.3 Å². The molecule has 0 spiro atoms. The van der Waals surface area contributed by atoms with Crippen molar-refractivity contribution in [3.05, 3.63) is 16.6 Å². The minimum absolute atomic E-state index is 0.272. The van der Waals surface area contributed by atoms with Crippen LogP contribution in [-0.4, -0.2) is 28.4 Å². The van der Waals surface area contributed by atoms with Crippen LogP contribution in [0.2, 0.25) is 0 Å². The molecule has 0 unspecified atom stereocenters. The first-order valence-corrected chi connectivity index (χ1v) is 7.06. The van der Waals surface area contributed by atoms with E-state index in [-0.39, 0.29) is 11.3 Å². The first kappa shape index (κ1) is 12.6. The third-order valence-electron chi connectivity index (χ3n) is 2.94. The molecule has 1 fully saturated rings. The van der Waals surface area contributed by atoms with Crippen LogP contribution in [0.25, 0.3) is 0 Å². The molecule has 1 heterocycles. The number of thiazole rings is 1. The lowest BCUT2D eigenvalue weighted by Crippen LogP contribution is -2.42. The quantitative estimate of drug-likeness (QED) is 0.825.